The molecule has 0 aliphatic rings. The molecule has 0 radical (unpaired) electrons. The molecule has 0 bridgehead atoms. The third kappa shape index (κ3) is 8.11. The summed E-state index contributed by atoms with van der Waals surface area (Å²) in [7, 11) is -3.66. The van der Waals surface area contributed by atoms with Gasteiger partial charge in [0.1, 0.15) is 12.4 Å². The summed E-state index contributed by atoms with van der Waals surface area (Å²) in [6, 6.07) is 20.1. The first-order valence-electron chi connectivity index (χ1n) is 9.29. The molecule has 0 aliphatic heterocycles. The summed E-state index contributed by atoms with van der Waals surface area (Å²) < 4.78 is 29.6. The number of primary sulfonamides is 1. The second kappa shape index (κ2) is 11.9. The molecule has 5 nitrogen and oxygen atoms in total. The van der Waals surface area contributed by atoms with E-state index in [1.54, 1.807) is 12.1 Å². The van der Waals surface area contributed by atoms with Crippen molar-refractivity contribution in [1.29, 1.82) is 0 Å². The lowest BCUT2D eigenvalue weighted by atomic mass is 10.1. The van der Waals surface area contributed by atoms with Crippen LogP contribution < -0.4 is 15.2 Å². The first-order valence-corrected chi connectivity index (χ1v) is 12.0. The SMILES string of the molecule is Cl.NS(=O)(=O)c1ccc(CCNCc2cc(Br)ccc2OCc2ccc(Cl)cc2)cc1. The maximum atomic E-state index is 11.3. The first-order chi connectivity index (χ1) is 14.3. The van der Waals surface area contributed by atoms with Gasteiger partial charge in [0.25, 0.3) is 0 Å². The molecular formula is C22H23BrCl2N2O3S. The first kappa shape index (κ1) is 25.6. The van der Waals surface area contributed by atoms with Crippen molar-refractivity contribution in [3.05, 3.63) is 92.9 Å². The van der Waals surface area contributed by atoms with E-state index < -0.39 is 10.0 Å². The standard InChI is InChI=1S/C22H22BrClN2O3S.ClH/c23-19-5-10-22(29-15-17-1-6-20(24)7-2-17)18(13-19)14-26-12-11-16-3-8-21(9-4-16)30(25,27)28;/h1-10,13,26H,11-12,14-15H2,(H2,25,27,28);1H. The molecule has 0 aromatic heterocycles. The topological polar surface area (TPSA) is 81.4 Å². The molecule has 3 aromatic rings. The molecule has 0 unspecified atom stereocenters. The van der Waals surface area contributed by atoms with Crippen molar-refractivity contribution in [2.75, 3.05) is 6.54 Å². The monoisotopic (exact) mass is 544 g/mol. The third-order valence-corrected chi connectivity index (χ3v) is 6.16. The summed E-state index contributed by atoms with van der Waals surface area (Å²) in [4.78, 5) is 0.121. The summed E-state index contributed by atoms with van der Waals surface area (Å²) >= 11 is 9.44. The number of rotatable bonds is 9. The van der Waals surface area contributed by atoms with Crippen LogP contribution in [0, 0.1) is 0 Å². The van der Waals surface area contributed by atoms with Crippen LogP contribution in [0.5, 0.6) is 5.75 Å². The number of hydrogen-bond donors (Lipinski definition) is 2. The normalized spacial score (nSPS) is 11.1. The highest BCUT2D eigenvalue weighted by Gasteiger charge is 2.08. The zero-order valence-electron chi connectivity index (χ0n) is 16.6. The summed E-state index contributed by atoms with van der Waals surface area (Å²) in [5.74, 6) is 0.818. The van der Waals surface area contributed by atoms with Gasteiger partial charge in [-0.05, 0) is 66.6 Å². The van der Waals surface area contributed by atoms with Gasteiger partial charge >= 0.3 is 0 Å². The van der Waals surface area contributed by atoms with E-state index in [4.69, 9.17) is 21.5 Å². The van der Waals surface area contributed by atoms with Crippen LogP contribution >= 0.6 is 39.9 Å². The smallest absolute Gasteiger partial charge is 0.238 e. The summed E-state index contributed by atoms with van der Waals surface area (Å²) in [6.07, 6.45) is 0.764. The van der Waals surface area contributed by atoms with Crippen molar-refractivity contribution in [2.24, 2.45) is 5.14 Å². The molecule has 31 heavy (non-hydrogen) atoms. The highest BCUT2D eigenvalue weighted by molar-refractivity contribution is 9.10. The Morgan fingerprint density at radius 3 is 2.26 bits per heavy atom. The van der Waals surface area contributed by atoms with Crippen LogP contribution in [-0.2, 0) is 29.6 Å². The van der Waals surface area contributed by atoms with Gasteiger partial charge in [0.05, 0.1) is 4.90 Å². The van der Waals surface area contributed by atoms with E-state index in [0.717, 1.165) is 39.9 Å². The van der Waals surface area contributed by atoms with Crippen molar-refractivity contribution in [3.8, 4) is 5.75 Å². The van der Waals surface area contributed by atoms with Gasteiger partial charge in [0, 0.05) is 21.6 Å². The third-order valence-electron chi connectivity index (χ3n) is 4.49. The van der Waals surface area contributed by atoms with Gasteiger partial charge < -0.3 is 10.1 Å². The maximum Gasteiger partial charge on any atom is 0.238 e. The Balaban J connectivity index is 0.00000341. The number of benzene rings is 3. The van der Waals surface area contributed by atoms with E-state index in [1.165, 1.54) is 12.1 Å². The zero-order valence-corrected chi connectivity index (χ0v) is 20.5. The van der Waals surface area contributed by atoms with Gasteiger partial charge in [-0.3, -0.25) is 0 Å². The van der Waals surface area contributed by atoms with E-state index in [2.05, 4.69) is 21.2 Å². The number of ether oxygens (including phenoxy) is 1. The fraction of sp³-hybridized carbons (Fsp3) is 0.182. The van der Waals surface area contributed by atoms with Crippen LogP contribution in [-0.4, -0.2) is 15.0 Å². The minimum absolute atomic E-state index is 0. The molecule has 0 spiro atoms. The van der Waals surface area contributed by atoms with Crippen LogP contribution in [0.2, 0.25) is 5.02 Å². The number of hydrogen-bond acceptors (Lipinski definition) is 4. The number of halogens is 3. The molecule has 0 saturated heterocycles. The van der Waals surface area contributed by atoms with Crippen LogP contribution in [0.15, 0.2) is 76.1 Å². The quantitative estimate of drug-likeness (QED) is 0.367. The van der Waals surface area contributed by atoms with Crippen molar-refractivity contribution in [3.63, 3.8) is 0 Å². The molecule has 0 saturated carbocycles. The largest absolute Gasteiger partial charge is 0.489 e. The molecule has 0 amide bonds. The highest BCUT2D eigenvalue weighted by Crippen LogP contribution is 2.24. The Bertz CT molecular complexity index is 1090. The Hall–Kier alpha value is -1.61. The number of nitrogens with one attached hydrogen (secondary N) is 1. The second-order valence-corrected chi connectivity index (χ2v) is 9.70. The van der Waals surface area contributed by atoms with Crippen LogP contribution in [0.4, 0.5) is 0 Å². The van der Waals surface area contributed by atoms with Crippen molar-refractivity contribution in [2.45, 2.75) is 24.5 Å². The van der Waals surface area contributed by atoms with E-state index >= 15 is 0 Å². The van der Waals surface area contributed by atoms with Crippen LogP contribution in [0.1, 0.15) is 16.7 Å². The van der Waals surface area contributed by atoms with Gasteiger partial charge in [0.2, 0.25) is 10.0 Å². The fourth-order valence-electron chi connectivity index (χ4n) is 2.87. The highest BCUT2D eigenvalue weighted by atomic mass is 79.9. The fourth-order valence-corrected chi connectivity index (χ4v) is 3.92. The minimum Gasteiger partial charge on any atom is -0.489 e. The van der Waals surface area contributed by atoms with Crippen molar-refractivity contribution >= 4 is 50.0 Å². The van der Waals surface area contributed by atoms with Crippen LogP contribution in [0.25, 0.3) is 0 Å². The maximum absolute atomic E-state index is 11.3. The summed E-state index contributed by atoms with van der Waals surface area (Å²) in [5, 5.41) is 9.23. The Morgan fingerprint density at radius 1 is 0.968 bits per heavy atom. The van der Waals surface area contributed by atoms with Gasteiger partial charge in [-0.2, -0.15) is 0 Å². The predicted octanol–water partition coefficient (Wildman–Crippen LogP) is 5.08. The Labute approximate surface area is 202 Å². The average molecular weight is 546 g/mol. The van der Waals surface area contributed by atoms with Gasteiger partial charge in [-0.15, -0.1) is 12.4 Å². The molecule has 166 valence electrons. The predicted molar refractivity (Wildman–Crippen MR) is 130 cm³/mol. The molecule has 3 rings (SSSR count). The van der Waals surface area contributed by atoms with Gasteiger partial charge in [-0.25, -0.2) is 13.6 Å². The minimum atomic E-state index is -3.66. The molecule has 3 aromatic carbocycles. The van der Waals surface area contributed by atoms with Crippen molar-refractivity contribution in [1.82, 2.24) is 5.32 Å². The Morgan fingerprint density at radius 2 is 1.61 bits per heavy atom. The molecule has 3 N–H and O–H groups in total. The van der Waals surface area contributed by atoms with E-state index in [1.807, 2.05) is 42.5 Å². The molecule has 0 aliphatic carbocycles. The lowest BCUT2D eigenvalue weighted by Crippen LogP contribution is -2.17. The van der Waals surface area contributed by atoms with Crippen LogP contribution in [0.3, 0.4) is 0 Å². The molecule has 0 heterocycles. The summed E-state index contributed by atoms with van der Waals surface area (Å²) in [6.45, 7) is 1.84. The second-order valence-electron chi connectivity index (χ2n) is 6.78. The lowest BCUT2D eigenvalue weighted by molar-refractivity contribution is 0.302. The molecule has 9 heteroatoms. The van der Waals surface area contributed by atoms with Gasteiger partial charge in [-0.1, -0.05) is 51.8 Å². The lowest BCUT2D eigenvalue weighted by Gasteiger charge is -2.13. The summed E-state index contributed by atoms with van der Waals surface area (Å²) in [5.41, 5.74) is 3.12. The van der Waals surface area contributed by atoms with E-state index in [0.29, 0.717) is 18.2 Å². The zero-order chi connectivity index (χ0) is 21.6. The molecular weight excluding hydrogens is 523 g/mol. The van der Waals surface area contributed by atoms with E-state index in [9.17, 15) is 8.42 Å². The number of nitrogens with two attached hydrogens (primary N) is 1. The Kier molecular flexibility index (Phi) is 9.81. The van der Waals surface area contributed by atoms with Crippen molar-refractivity contribution < 1.29 is 13.2 Å². The average Bonchev–Trinajstić information content (AvgIpc) is 2.71. The number of sulfonamides is 1. The molecule has 0 fully saturated rings. The van der Waals surface area contributed by atoms with E-state index in [-0.39, 0.29) is 17.3 Å². The molecule has 0 atom stereocenters. The van der Waals surface area contributed by atoms with Gasteiger partial charge in [0.15, 0.2) is 0 Å².